The van der Waals surface area contributed by atoms with E-state index in [2.05, 4.69) is 25.1 Å². The van der Waals surface area contributed by atoms with Crippen LogP contribution < -0.4 is 20.1 Å². The SMILES string of the molecule is CC(C)NS(=O)(=O)c1ccc(NC(=O)C(C)Nc2ccc(OCC(F)(F)F)nc2)cc1. The van der Waals surface area contributed by atoms with Gasteiger partial charge in [0.15, 0.2) is 6.61 Å². The van der Waals surface area contributed by atoms with Gasteiger partial charge in [-0.2, -0.15) is 13.2 Å². The van der Waals surface area contributed by atoms with Crippen molar-refractivity contribution in [2.75, 3.05) is 17.2 Å². The fourth-order valence-corrected chi connectivity index (χ4v) is 3.62. The van der Waals surface area contributed by atoms with Crippen LogP contribution in [0.25, 0.3) is 0 Å². The van der Waals surface area contributed by atoms with Gasteiger partial charge in [0.1, 0.15) is 6.04 Å². The first-order valence-electron chi connectivity index (χ1n) is 9.21. The lowest BCUT2D eigenvalue weighted by atomic mass is 10.2. The Morgan fingerprint density at radius 2 is 1.68 bits per heavy atom. The Kier molecular flexibility index (Phi) is 7.85. The van der Waals surface area contributed by atoms with Gasteiger partial charge in [0.25, 0.3) is 0 Å². The summed E-state index contributed by atoms with van der Waals surface area (Å²) in [4.78, 5) is 16.2. The summed E-state index contributed by atoms with van der Waals surface area (Å²) in [6, 6.07) is 7.41. The average molecular weight is 460 g/mol. The molecule has 2 aromatic rings. The molecular weight excluding hydrogens is 437 g/mol. The highest BCUT2D eigenvalue weighted by Gasteiger charge is 2.28. The number of hydrogen-bond acceptors (Lipinski definition) is 6. The molecule has 0 spiro atoms. The topological polar surface area (TPSA) is 109 Å². The van der Waals surface area contributed by atoms with E-state index in [1.54, 1.807) is 20.8 Å². The van der Waals surface area contributed by atoms with Crippen molar-refractivity contribution in [2.24, 2.45) is 0 Å². The summed E-state index contributed by atoms with van der Waals surface area (Å²) < 4.78 is 67.7. The second-order valence-electron chi connectivity index (χ2n) is 6.94. The maximum absolute atomic E-state index is 12.3. The third-order valence-electron chi connectivity index (χ3n) is 3.72. The lowest BCUT2D eigenvalue weighted by Crippen LogP contribution is -2.32. The number of nitrogens with zero attached hydrogens (tertiary/aromatic N) is 1. The lowest BCUT2D eigenvalue weighted by Gasteiger charge is -2.16. The van der Waals surface area contributed by atoms with Gasteiger partial charge < -0.3 is 15.4 Å². The molecular formula is C19H23F3N4O4S. The number of amides is 1. The molecule has 3 N–H and O–H groups in total. The zero-order valence-electron chi connectivity index (χ0n) is 17.0. The molecule has 0 aliphatic rings. The number of anilines is 2. The molecule has 0 bridgehead atoms. The van der Waals surface area contributed by atoms with Gasteiger partial charge in [0.2, 0.25) is 21.8 Å². The van der Waals surface area contributed by atoms with Crippen molar-refractivity contribution in [3.8, 4) is 5.88 Å². The van der Waals surface area contributed by atoms with Crippen molar-refractivity contribution in [1.82, 2.24) is 9.71 Å². The van der Waals surface area contributed by atoms with E-state index >= 15 is 0 Å². The Labute approximate surface area is 178 Å². The third kappa shape index (κ3) is 8.06. The molecule has 12 heteroatoms. The quantitative estimate of drug-likeness (QED) is 0.531. The van der Waals surface area contributed by atoms with Gasteiger partial charge in [-0.3, -0.25) is 4.79 Å². The number of rotatable bonds is 9. The van der Waals surface area contributed by atoms with Crippen LogP contribution in [0.15, 0.2) is 47.5 Å². The molecule has 0 saturated carbocycles. The van der Waals surface area contributed by atoms with Gasteiger partial charge in [-0.25, -0.2) is 18.1 Å². The maximum Gasteiger partial charge on any atom is 0.422 e. The van der Waals surface area contributed by atoms with E-state index in [0.717, 1.165) is 0 Å². The van der Waals surface area contributed by atoms with E-state index in [0.29, 0.717) is 11.4 Å². The van der Waals surface area contributed by atoms with Gasteiger partial charge in [-0.15, -0.1) is 0 Å². The number of halogens is 3. The second-order valence-corrected chi connectivity index (χ2v) is 8.66. The highest BCUT2D eigenvalue weighted by molar-refractivity contribution is 7.89. The number of sulfonamides is 1. The molecule has 170 valence electrons. The predicted octanol–water partition coefficient (Wildman–Crippen LogP) is 3.15. The number of alkyl halides is 3. The Morgan fingerprint density at radius 1 is 1.06 bits per heavy atom. The molecule has 1 heterocycles. The fourth-order valence-electron chi connectivity index (χ4n) is 2.37. The Hall–Kier alpha value is -2.86. The molecule has 31 heavy (non-hydrogen) atoms. The molecule has 0 aliphatic carbocycles. The van der Waals surface area contributed by atoms with Crippen LogP contribution in [-0.4, -0.2) is 44.2 Å². The van der Waals surface area contributed by atoms with Gasteiger partial charge in [0.05, 0.1) is 16.8 Å². The van der Waals surface area contributed by atoms with Gasteiger partial charge >= 0.3 is 6.18 Å². The van der Waals surface area contributed by atoms with Crippen LogP contribution in [-0.2, 0) is 14.8 Å². The monoisotopic (exact) mass is 460 g/mol. The van der Waals surface area contributed by atoms with Crippen LogP contribution in [0.1, 0.15) is 20.8 Å². The number of hydrogen-bond donors (Lipinski definition) is 3. The van der Waals surface area contributed by atoms with Gasteiger partial charge in [-0.1, -0.05) is 0 Å². The fraction of sp³-hybridized carbons (Fsp3) is 0.368. The molecule has 2 rings (SSSR count). The minimum atomic E-state index is -4.46. The smallest absolute Gasteiger partial charge is 0.422 e. The van der Waals surface area contributed by atoms with Crippen LogP contribution in [0, 0.1) is 0 Å². The Bertz CT molecular complexity index is 979. The average Bonchev–Trinajstić information content (AvgIpc) is 2.66. The number of ether oxygens (including phenoxy) is 1. The van der Waals surface area contributed by atoms with Crippen molar-refractivity contribution in [3.63, 3.8) is 0 Å². The zero-order valence-corrected chi connectivity index (χ0v) is 17.8. The minimum absolute atomic E-state index is 0.0734. The third-order valence-corrected chi connectivity index (χ3v) is 5.39. The number of aromatic nitrogens is 1. The summed E-state index contributed by atoms with van der Waals surface area (Å²) in [5.74, 6) is -0.602. The summed E-state index contributed by atoms with van der Waals surface area (Å²) in [5, 5.41) is 5.50. The van der Waals surface area contributed by atoms with Crippen LogP contribution in [0.2, 0.25) is 0 Å². The maximum atomic E-state index is 12.3. The van der Waals surface area contributed by atoms with Crippen LogP contribution in [0.5, 0.6) is 5.88 Å². The van der Waals surface area contributed by atoms with E-state index in [9.17, 15) is 26.4 Å². The van der Waals surface area contributed by atoms with Crippen molar-refractivity contribution < 1.29 is 31.1 Å². The van der Waals surface area contributed by atoms with E-state index in [-0.39, 0.29) is 16.8 Å². The Morgan fingerprint density at radius 3 is 2.19 bits per heavy atom. The van der Waals surface area contributed by atoms with Crippen LogP contribution >= 0.6 is 0 Å². The molecule has 0 aliphatic heterocycles. The van der Waals surface area contributed by atoms with E-state index in [1.165, 1.54) is 42.6 Å². The molecule has 0 saturated heterocycles. The number of carbonyl (C=O) groups excluding carboxylic acids is 1. The standard InChI is InChI=1S/C19H23F3N4O4S/c1-12(2)26-31(28,29)16-7-4-14(5-8-16)25-18(27)13(3)24-15-6-9-17(23-10-15)30-11-19(20,21)22/h4-10,12-13,24,26H,11H2,1-3H3,(H,25,27). The zero-order chi connectivity index (χ0) is 23.2. The number of pyridine rings is 1. The largest absolute Gasteiger partial charge is 0.468 e. The van der Waals surface area contributed by atoms with Gasteiger partial charge in [0, 0.05) is 17.8 Å². The van der Waals surface area contributed by atoms with E-state index < -0.39 is 34.8 Å². The first kappa shape index (κ1) is 24.4. The lowest BCUT2D eigenvalue weighted by molar-refractivity contribution is -0.154. The van der Waals surface area contributed by atoms with Crippen LogP contribution in [0.4, 0.5) is 24.5 Å². The van der Waals surface area contributed by atoms with Crippen LogP contribution in [0.3, 0.4) is 0 Å². The summed E-state index contributed by atoms with van der Waals surface area (Å²) in [7, 11) is -3.63. The van der Waals surface area contributed by atoms with E-state index in [4.69, 9.17) is 0 Å². The summed E-state index contributed by atoms with van der Waals surface area (Å²) in [6.45, 7) is 3.55. The Balaban J connectivity index is 1.92. The first-order chi connectivity index (χ1) is 14.4. The molecule has 1 atom stereocenters. The number of nitrogens with one attached hydrogen (secondary N) is 3. The number of carbonyl (C=O) groups is 1. The predicted molar refractivity (Wildman–Crippen MR) is 109 cm³/mol. The second kappa shape index (κ2) is 9.96. The summed E-state index contributed by atoms with van der Waals surface area (Å²) in [6.07, 6.45) is -3.21. The first-order valence-corrected chi connectivity index (χ1v) is 10.7. The van der Waals surface area contributed by atoms with Gasteiger partial charge in [-0.05, 0) is 51.1 Å². The molecule has 1 aromatic heterocycles. The highest BCUT2D eigenvalue weighted by atomic mass is 32.2. The highest BCUT2D eigenvalue weighted by Crippen LogP contribution is 2.19. The molecule has 1 aromatic carbocycles. The molecule has 1 amide bonds. The molecule has 1 unspecified atom stereocenters. The minimum Gasteiger partial charge on any atom is -0.468 e. The number of benzene rings is 1. The normalized spacial score (nSPS) is 13.0. The molecule has 0 fully saturated rings. The molecule has 0 radical (unpaired) electrons. The summed E-state index contributed by atoms with van der Waals surface area (Å²) >= 11 is 0. The van der Waals surface area contributed by atoms with Crippen molar-refractivity contribution in [2.45, 2.75) is 43.9 Å². The van der Waals surface area contributed by atoms with Crippen molar-refractivity contribution >= 4 is 27.3 Å². The summed E-state index contributed by atoms with van der Waals surface area (Å²) in [5.41, 5.74) is 0.805. The van der Waals surface area contributed by atoms with E-state index in [1.807, 2.05) is 0 Å². The molecule has 8 nitrogen and oxygen atoms in total. The van der Waals surface area contributed by atoms with Crippen molar-refractivity contribution in [3.05, 3.63) is 42.6 Å². The van der Waals surface area contributed by atoms with Crippen molar-refractivity contribution in [1.29, 1.82) is 0 Å².